The van der Waals surface area contributed by atoms with Gasteiger partial charge in [0, 0.05) is 19.3 Å². The van der Waals surface area contributed by atoms with E-state index in [1.54, 1.807) is 0 Å². The van der Waals surface area contributed by atoms with Gasteiger partial charge in [-0.15, -0.1) is 0 Å². The molecule has 0 fully saturated rings. The van der Waals surface area contributed by atoms with E-state index in [0.29, 0.717) is 19.3 Å². The molecular formula is C65H120O6. The first-order chi connectivity index (χ1) is 35.0. The van der Waals surface area contributed by atoms with Crippen LogP contribution in [0, 0.1) is 0 Å². The number of hydrogen-bond donors (Lipinski definition) is 0. The van der Waals surface area contributed by atoms with Crippen LogP contribution in [0.1, 0.15) is 342 Å². The van der Waals surface area contributed by atoms with Crippen molar-refractivity contribution in [3.63, 3.8) is 0 Å². The van der Waals surface area contributed by atoms with Gasteiger partial charge in [0.2, 0.25) is 0 Å². The molecule has 0 N–H and O–H groups in total. The molecule has 0 aromatic carbocycles. The fourth-order valence-electron chi connectivity index (χ4n) is 9.35. The van der Waals surface area contributed by atoms with Crippen LogP contribution in [0.25, 0.3) is 0 Å². The largest absolute Gasteiger partial charge is 0.462 e. The van der Waals surface area contributed by atoms with E-state index in [4.69, 9.17) is 14.2 Å². The number of hydrogen-bond acceptors (Lipinski definition) is 6. The summed E-state index contributed by atoms with van der Waals surface area (Å²) in [6.45, 7) is 6.66. The van der Waals surface area contributed by atoms with Crippen LogP contribution >= 0.6 is 0 Å². The molecule has 6 nitrogen and oxygen atoms in total. The number of rotatable bonds is 58. The Morgan fingerprint density at radius 2 is 0.507 bits per heavy atom. The number of unbranched alkanes of at least 4 members (excludes halogenated alkanes) is 41. The number of carbonyl (C=O) groups is 3. The number of ether oxygens (including phenoxy) is 3. The highest BCUT2D eigenvalue weighted by molar-refractivity contribution is 5.71. The Kier molecular flexibility index (Phi) is 58.2. The van der Waals surface area contributed by atoms with Crippen LogP contribution in [0.5, 0.6) is 0 Å². The first-order valence-corrected chi connectivity index (χ1v) is 31.5. The second kappa shape index (κ2) is 60.2. The van der Waals surface area contributed by atoms with Crippen LogP contribution in [-0.4, -0.2) is 37.2 Å². The molecule has 1 atom stereocenters. The third kappa shape index (κ3) is 58.4. The topological polar surface area (TPSA) is 78.9 Å². The van der Waals surface area contributed by atoms with Crippen LogP contribution in [-0.2, 0) is 28.6 Å². The fraction of sp³-hybridized carbons (Fsp3) is 0.862. The molecule has 0 amide bonds. The Bertz CT molecular complexity index is 1190. The quantitative estimate of drug-likeness (QED) is 0.0261. The molecular weight excluding hydrogens is 877 g/mol. The van der Waals surface area contributed by atoms with Crippen molar-refractivity contribution in [2.45, 2.75) is 348 Å². The first-order valence-electron chi connectivity index (χ1n) is 31.5. The predicted molar refractivity (Wildman–Crippen MR) is 307 cm³/mol. The zero-order valence-electron chi connectivity index (χ0n) is 47.8. The van der Waals surface area contributed by atoms with Crippen molar-refractivity contribution in [3.05, 3.63) is 36.5 Å². The van der Waals surface area contributed by atoms with E-state index in [1.165, 1.54) is 231 Å². The maximum absolute atomic E-state index is 12.9. The molecule has 0 saturated carbocycles. The SMILES string of the molecule is CCCCC/C=C\C/C=C\CCCCCCCCCC(=O)OC[C@H](COC(=O)CCCCCCCCCCCCCCCCC)OC(=O)CCCCCCCCCCCCC/C=C\CCCCCCCC. The third-order valence-electron chi connectivity index (χ3n) is 14.1. The molecule has 0 aromatic rings. The van der Waals surface area contributed by atoms with Gasteiger partial charge in [-0.1, -0.05) is 282 Å². The van der Waals surface area contributed by atoms with Crippen molar-refractivity contribution >= 4 is 17.9 Å². The summed E-state index contributed by atoms with van der Waals surface area (Å²) in [5, 5.41) is 0. The lowest BCUT2D eigenvalue weighted by atomic mass is 10.0. The molecule has 416 valence electrons. The lowest BCUT2D eigenvalue weighted by molar-refractivity contribution is -0.167. The lowest BCUT2D eigenvalue weighted by Crippen LogP contribution is -2.30. The second-order valence-corrected chi connectivity index (χ2v) is 21.3. The Morgan fingerprint density at radius 1 is 0.282 bits per heavy atom. The maximum atomic E-state index is 12.9. The third-order valence-corrected chi connectivity index (χ3v) is 14.1. The Hall–Kier alpha value is -2.37. The Labute approximate surface area is 442 Å². The van der Waals surface area contributed by atoms with Crippen molar-refractivity contribution in [2.75, 3.05) is 13.2 Å². The average molecular weight is 998 g/mol. The zero-order valence-corrected chi connectivity index (χ0v) is 47.8. The smallest absolute Gasteiger partial charge is 0.306 e. The molecule has 0 aliphatic heterocycles. The summed E-state index contributed by atoms with van der Waals surface area (Å²) in [5.41, 5.74) is 0. The standard InChI is InChI=1S/C65H120O6/c1-4-7-10-13-16-19-22-25-28-30-31-32-33-35-38-41-44-47-50-53-56-59-65(68)71-62(60-69-63(66)57-54-51-48-45-42-39-36-27-24-21-18-15-12-9-6-3)61-70-64(67)58-55-52-49-46-43-40-37-34-29-26-23-20-17-14-11-8-5-2/h17,20,25-26,28-29,62H,4-16,18-19,21-24,27,30-61H2,1-3H3/b20-17-,28-25-,29-26-/t62-/m0/s1. The van der Waals surface area contributed by atoms with E-state index in [-0.39, 0.29) is 31.1 Å². The van der Waals surface area contributed by atoms with Gasteiger partial charge in [0.05, 0.1) is 0 Å². The molecule has 0 radical (unpaired) electrons. The van der Waals surface area contributed by atoms with Crippen molar-refractivity contribution in [3.8, 4) is 0 Å². The monoisotopic (exact) mass is 997 g/mol. The van der Waals surface area contributed by atoms with Gasteiger partial charge in [-0.05, 0) is 77.0 Å². The van der Waals surface area contributed by atoms with E-state index in [1.807, 2.05) is 0 Å². The van der Waals surface area contributed by atoms with Crippen LogP contribution in [0.4, 0.5) is 0 Å². The normalized spacial score (nSPS) is 12.2. The number of allylic oxidation sites excluding steroid dienone is 6. The van der Waals surface area contributed by atoms with Crippen molar-refractivity contribution < 1.29 is 28.6 Å². The van der Waals surface area contributed by atoms with Crippen molar-refractivity contribution in [2.24, 2.45) is 0 Å². The molecule has 0 spiro atoms. The van der Waals surface area contributed by atoms with E-state index in [0.717, 1.165) is 70.6 Å². The zero-order chi connectivity index (χ0) is 51.4. The summed E-state index contributed by atoms with van der Waals surface area (Å²) >= 11 is 0. The molecule has 0 aliphatic carbocycles. The van der Waals surface area contributed by atoms with Gasteiger partial charge >= 0.3 is 17.9 Å². The molecule has 71 heavy (non-hydrogen) atoms. The van der Waals surface area contributed by atoms with Gasteiger partial charge in [-0.2, -0.15) is 0 Å². The van der Waals surface area contributed by atoms with Crippen LogP contribution in [0.2, 0.25) is 0 Å². The van der Waals surface area contributed by atoms with Crippen LogP contribution < -0.4 is 0 Å². The van der Waals surface area contributed by atoms with E-state index < -0.39 is 6.10 Å². The number of esters is 3. The van der Waals surface area contributed by atoms with Crippen LogP contribution in [0.15, 0.2) is 36.5 Å². The molecule has 0 saturated heterocycles. The summed E-state index contributed by atoms with van der Waals surface area (Å²) < 4.78 is 16.9. The lowest BCUT2D eigenvalue weighted by Gasteiger charge is -2.18. The molecule has 0 rings (SSSR count). The number of carbonyl (C=O) groups excluding carboxylic acids is 3. The molecule has 0 aliphatic rings. The average Bonchev–Trinajstić information content (AvgIpc) is 3.37. The predicted octanol–water partition coefficient (Wildman–Crippen LogP) is 21.2. The van der Waals surface area contributed by atoms with Crippen molar-refractivity contribution in [1.82, 2.24) is 0 Å². The molecule has 0 unspecified atom stereocenters. The summed E-state index contributed by atoms with van der Waals surface area (Å²) in [4.78, 5) is 38.3. The molecule has 0 heterocycles. The second-order valence-electron chi connectivity index (χ2n) is 21.3. The van der Waals surface area contributed by atoms with Gasteiger partial charge in [0.15, 0.2) is 6.10 Å². The minimum absolute atomic E-state index is 0.0705. The summed E-state index contributed by atoms with van der Waals surface area (Å²) in [7, 11) is 0. The van der Waals surface area contributed by atoms with Crippen molar-refractivity contribution in [1.29, 1.82) is 0 Å². The van der Waals surface area contributed by atoms with Gasteiger partial charge in [0.25, 0.3) is 0 Å². The van der Waals surface area contributed by atoms with Gasteiger partial charge in [-0.3, -0.25) is 14.4 Å². The Morgan fingerprint density at radius 3 is 0.817 bits per heavy atom. The van der Waals surface area contributed by atoms with Gasteiger partial charge < -0.3 is 14.2 Å². The molecule has 0 aromatic heterocycles. The maximum Gasteiger partial charge on any atom is 0.306 e. The highest BCUT2D eigenvalue weighted by Gasteiger charge is 2.19. The fourth-order valence-corrected chi connectivity index (χ4v) is 9.35. The first kappa shape index (κ1) is 68.6. The summed E-state index contributed by atoms with van der Waals surface area (Å²) in [5.74, 6) is -0.857. The van der Waals surface area contributed by atoms with Gasteiger partial charge in [0.1, 0.15) is 13.2 Å². The molecule has 0 bridgehead atoms. The summed E-state index contributed by atoms with van der Waals surface area (Å²) in [6.07, 6.45) is 72.8. The van der Waals surface area contributed by atoms with Crippen LogP contribution in [0.3, 0.4) is 0 Å². The Balaban J connectivity index is 4.33. The highest BCUT2D eigenvalue weighted by atomic mass is 16.6. The van der Waals surface area contributed by atoms with E-state index >= 15 is 0 Å². The van der Waals surface area contributed by atoms with Gasteiger partial charge in [-0.25, -0.2) is 0 Å². The molecule has 6 heteroatoms. The van der Waals surface area contributed by atoms with E-state index in [2.05, 4.69) is 57.2 Å². The summed E-state index contributed by atoms with van der Waals surface area (Å²) in [6, 6.07) is 0. The minimum atomic E-state index is -0.773. The highest BCUT2D eigenvalue weighted by Crippen LogP contribution is 2.17. The van der Waals surface area contributed by atoms with E-state index in [9.17, 15) is 14.4 Å². The minimum Gasteiger partial charge on any atom is -0.462 e.